The van der Waals surface area contributed by atoms with Gasteiger partial charge in [-0.25, -0.2) is 14.5 Å². The Labute approximate surface area is 141 Å². The van der Waals surface area contributed by atoms with E-state index in [0.29, 0.717) is 0 Å². The average molecular weight is 380 g/mol. The summed E-state index contributed by atoms with van der Waals surface area (Å²) >= 11 is 0. The minimum atomic E-state index is -3.26. The highest BCUT2D eigenvalue weighted by Gasteiger charge is 2.15. The number of hydrogen-bond donors (Lipinski definition) is 4. The van der Waals surface area contributed by atoms with Crippen LogP contribution in [-0.2, 0) is 4.57 Å². The predicted molar refractivity (Wildman–Crippen MR) is 87.3 cm³/mol. The molecule has 0 saturated carbocycles. The Kier molecular flexibility index (Phi) is 3.37. The molecule has 4 heterocycles. The molecular weight excluding hydrogens is 371 g/mol. The Bertz CT molecular complexity index is 1190. The molecule has 0 atom stereocenters. The molecule has 26 heavy (non-hydrogen) atoms. The Hall–Kier alpha value is -3.87. The van der Waals surface area contributed by atoms with Crippen molar-refractivity contribution >= 4 is 42.5 Å². The molecule has 0 radical (unpaired) electrons. The molecule has 0 aliphatic carbocycles. The normalized spacial score (nSPS) is 11.4. The third-order valence-electron chi connectivity index (χ3n) is 3.14. The van der Waals surface area contributed by atoms with Gasteiger partial charge in [-0.05, 0) is 0 Å². The molecule has 0 bridgehead atoms. The predicted octanol–water partition coefficient (Wildman–Crippen LogP) is -2.34. The zero-order valence-electron chi connectivity index (χ0n) is 12.5. The number of hydrogen-bond acceptors (Lipinski definition) is 11. The molecule has 4 aromatic rings. The summed E-state index contributed by atoms with van der Waals surface area (Å²) < 4.78 is 24.0. The second kappa shape index (κ2) is 5.59. The lowest BCUT2D eigenvalue weighted by Crippen LogP contribution is -2.15. The van der Waals surface area contributed by atoms with Gasteiger partial charge in [-0.3, -0.25) is 19.6 Å². The molecule has 15 nitrogen and oxygen atoms in total. The van der Waals surface area contributed by atoms with E-state index in [1.807, 2.05) is 0 Å². The summed E-state index contributed by atoms with van der Waals surface area (Å²) in [6.45, 7) is 0. The minimum absolute atomic E-state index is 0.0532. The van der Waals surface area contributed by atoms with Crippen LogP contribution in [0.3, 0.4) is 0 Å². The fraction of sp³-hybridized carbons (Fsp3) is 0. The van der Waals surface area contributed by atoms with Crippen LogP contribution in [0, 0.1) is 0 Å². The molecule has 0 aliphatic rings. The maximum atomic E-state index is 12.2. The van der Waals surface area contributed by atoms with Gasteiger partial charge in [0.1, 0.15) is 12.7 Å². The molecule has 0 unspecified atom stereocenters. The average Bonchev–Trinajstić information content (AvgIpc) is 3.13. The number of H-pyrrole nitrogens is 2. The first-order valence-electron chi connectivity index (χ1n) is 6.78. The highest BCUT2D eigenvalue weighted by Crippen LogP contribution is 2.19. The summed E-state index contributed by atoms with van der Waals surface area (Å²) in [4.78, 5) is 43.2. The number of nitrogens with zero attached hydrogens (tertiary/aromatic N) is 6. The molecule has 0 aromatic carbocycles. The summed E-state index contributed by atoms with van der Waals surface area (Å²) in [6.07, 6.45) is 2.15. The molecule has 0 saturated heterocycles. The first-order valence-corrected chi connectivity index (χ1v) is 8.01. The van der Waals surface area contributed by atoms with Crippen LogP contribution in [0.5, 0.6) is 0 Å². The Morgan fingerprint density at radius 1 is 0.885 bits per heavy atom. The van der Waals surface area contributed by atoms with Gasteiger partial charge >= 0.3 is 8.25 Å². The van der Waals surface area contributed by atoms with Crippen molar-refractivity contribution in [1.29, 1.82) is 0 Å². The maximum Gasteiger partial charge on any atom is 0.456 e. The third kappa shape index (κ3) is 2.51. The van der Waals surface area contributed by atoms with Crippen molar-refractivity contribution in [2.45, 2.75) is 0 Å². The number of imidazole rings is 2. The minimum Gasteiger partial charge on any atom is -0.369 e. The van der Waals surface area contributed by atoms with Crippen LogP contribution in [0.2, 0.25) is 0 Å². The SMILES string of the molecule is Nc1nc2c(ncn2O[PH](=O)On2cnc3c(=O)[nH]c(N)nc32)c(=O)[nH]1. The van der Waals surface area contributed by atoms with Crippen molar-refractivity contribution in [1.82, 2.24) is 39.4 Å². The smallest absolute Gasteiger partial charge is 0.369 e. The van der Waals surface area contributed by atoms with E-state index in [-0.39, 0.29) is 34.2 Å². The number of aromatic amines is 2. The second-order valence-corrected chi connectivity index (χ2v) is 5.69. The monoisotopic (exact) mass is 380 g/mol. The molecular formula is C10H9N10O5P. The summed E-state index contributed by atoms with van der Waals surface area (Å²) in [5.74, 6) is -0.346. The van der Waals surface area contributed by atoms with E-state index in [2.05, 4.69) is 29.9 Å². The first kappa shape index (κ1) is 15.6. The van der Waals surface area contributed by atoms with Gasteiger partial charge in [0, 0.05) is 0 Å². The molecule has 0 spiro atoms. The fourth-order valence-electron chi connectivity index (χ4n) is 2.12. The van der Waals surface area contributed by atoms with Crippen molar-refractivity contribution < 1.29 is 13.8 Å². The zero-order valence-corrected chi connectivity index (χ0v) is 13.5. The molecule has 4 rings (SSSR count). The van der Waals surface area contributed by atoms with Crippen molar-refractivity contribution in [3.63, 3.8) is 0 Å². The number of nitrogens with one attached hydrogen (secondary N) is 2. The van der Waals surface area contributed by atoms with Crippen molar-refractivity contribution in [2.75, 3.05) is 11.5 Å². The summed E-state index contributed by atoms with van der Waals surface area (Å²) in [5.41, 5.74) is 9.49. The maximum absolute atomic E-state index is 12.2. The van der Waals surface area contributed by atoms with Gasteiger partial charge in [-0.1, -0.05) is 0 Å². The topological polar surface area (TPSA) is 215 Å². The Morgan fingerprint density at radius 2 is 1.31 bits per heavy atom. The molecule has 0 fully saturated rings. The standard InChI is InChI=1S/C10H9N10O5P/c11-9-15-5-3(7(21)17-9)13-1-19(5)24-26(23)25-20-2-14-4-6(20)16-10(12)18-8(4)22/h1-2,26H,(H3,11,15,17,21)(H3,12,16,18,22). The van der Waals surface area contributed by atoms with Crippen LogP contribution >= 0.6 is 8.25 Å². The fourth-order valence-corrected chi connectivity index (χ4v) is 2.75. The lowest BCUT2D eigenvalue weighted by molar-refractivity contribution is 0.201. The number of aromatic nitrogens is 8. The van der Waals surface area contributed by atoms with Gasteiger partial charge in [0.2, 0.25) is 23.2 Å². The first-order chi connectivity index (χ1) is 12.4. The molecule has 16 heteroatoms. The molecule has 0 amide bonds. The number of fused-ring (bicyclic) bond motifs is 2. The Balaban J connectivity index is 1.64. The van der Waals surface area contributed by atoms with E-state index in [9.17, 15) is 14.2 Å². The third-order valence-corrected chi connectivity index (χ3v) is 3.83. The van der Waals surface area contributed by atoms with Gasteiger partial charge in [-0.15, -0.1) is 9.46 Å². The van der Waals surface area contributed by atoms with Crippen molar-refractivity contribution in [3.8, 4) is 0 Å². The van der Waals surface area contributed by atoms with Crippen molar-refractivity contribution in [2.24, 2.45) is 0 Å². The van der Waals surface area contributed by atoms with Crippen LogP contribution in [0.1, 0.15) is 0 Å². The summed E-state index contributed by atoms with van der Waals surface area (Å²) in [7, 11) is -3.26. The molecule has 6 N–H and O–H groups in total. The van der Waals surface area contributed by atoms with Crippen molar-refractivity contribution in [3.05, 3.63) is 33.4 Å². The quantitative estimate of drug-likeness (QED) is 0.275. The van der Waals surface area contributed by atoms with E-state index in [1.165, 1.54) is 0 Å². The number of nitrogen functional groups attached to an aromatic ring is 2. The van der Waals surface area contributed by atoms with E-state index in [4.69, 9.17) is 20.7 Å². The van der Waals surface area contributed by atoms with Gasteiger partial charge in [-0.2, -0.15) is 9.97 Å². The van der Waals surface area contributed by atoms with Gasteiger partial charge in [0.05, 0.1) is 0 Å². The molecule has 4 aromatic heterocycles. The van der Waals surface area contributed by atoms with Crippen LogP contribution in [0.15, 0.2) is 22.2 Å². The number of nitrogens with two attached hydrogens (primary N) is 2. The van der Waals surface area contributed by atoms with E-state index in [0.717, 1.165) is 22.1 Å². The molecule has 0 aliphatic heterocycles. The van der Waals surface area contributed by atoms with E-state index >= 15 is 0 Å². The number of rotatable bonds is 4. The van der Waals surface area contributed by atoms with Crippen LogP contribution in [0.4, 0.5) is 11.9 Å². The van der Waals surface area contributed by atoms with Crippen LogP contribution < -0.4 is 31.8 Å². The lowest BCUT2D eigenvalue weighted by Gasteiger charge is -2.08. The Morgan fingerprint density at radius 3 is 1.73 bits per heavy atom. The molecule has 134 valence electrons. The summed E-state index contributed by atoms with van der Waals surface area (Å²) in [5, 5.41) is 0. The van der Waals surface area contributed by atoms with Gasteiger partial charge < -0.3 is 20.7 Å². The number of anilines is 2. The van der Waals surface area contributed by atoms with Gasteiger partial charge in [0.15, 0.2) is 11.0 Å². The van der Waals surface area contributed by atoms with E-state index < -0.39 is 19.4 Å². The van der Waals surface area contributed by atoms with Gasteiger partial charge in [0.25, 0.3) is 11.1 Å². The highest BCUT2D eigenvalue weighted by atomic mass is 31.1. The highest BCUT2D eigenvalue weighted by molar-refractivity contribution is 7.33. The lowest BCUT2D eigenvalue weighted by atomic mass is 10.5. The second-order valence-electron chi connectivity index (χ2n) is 4.82. The zero-order chi connectivity index (χ0) is 18.4. The van der Waals surface area contributed by atoms with E-state index in [1.54, 1.807) is 0 Å². The largest absolute Gasteiger partial charge is 0.456 e. The summed E-state index contributed by atoms with van der Waals surface area (Å²) in [6, 6.07) is 0. The van der Waals surface area contributed by atoms with Crippen LogP contribution in [0.25, 0.3) is 22.3 Å². The van der Waals surface area contributed by atoms with Crippen LogP contribution in [-0.4, -0.2) is 39.4 Å².